The van der Waals surface area contributed by atoms with Crippen molar-refractivity contribution in [1.29, 1.82) is 0 Å². The maximum Gasteiger partial charge on any atom is 0.294 e. The highest BCUT2D eigenvalue weighted by Gasteiger charge is 2.28. The number of amides is 1. The van der Waals surface area contributed by atoms with E-state index >= 15 is 0 Å². The summed E-state index contributed by atoms with van der Waals surface area (Å²) in [5.74, 6) is 0.638. The molecule has 1 aliphatic heterocycles. The molecule has 2 aromatic heterocycles. The van der Waals surface area contributed by atoms with Crippen LogP contribution in [0.25, 0.3) is 16.8 Å². The lowest BCUT2D eigenvalue weighted by Gasteiger charge is -2.30. The van der Waals surface area contributed by atoms with Crippen LogP contribution in [0.1, 0.15) is 35.0 Å². The van der Waals surface area contributed by atoms with Crippen molar-refractivity contribution in [2.75, 3.05) is 13.1 Å². The molecular formula is C22H19N5O4. The molecule has 0 unspecified atom stereocenters. The number of hydrogen-bond acceptors (Lipinski definition) is 6. The molecule has 1 aliphatic rings. The molecule has 31 heavy (non-hydrogen) atoms. The molecule has 0 radical (unpaired) electrons. The van der Waals surface area contributed by atoms with Gasteiger partial charge in [0.1, 0.15) is 11.2 Å². The Morgan fingerprint density at radius 1 is 1.16 bits per heavy atom. The number of carbonyl (C=O) groups excluding carboxylic acids is 1. The van der Waals surface area contributed by atoms with Gasteiger partial charge < -0.3 is 13.9 Å². The second-order valence-electron chi connectivity index (χ2n) is 7.52. The molecule has 1 saturated heterocycles. The number of benzene rings is 2. The molecule has 1 fully saturated rings. The summed E-state index contributed by atoms with van der Waals surface area (Å²) in [6.07, 6.45) is 6.12. The van der Waals surface area contributed by atoms with E-state index in [1.807, 2.05) is 24.3 Å². The van der Waals surface area contributed by atoms with E-state index in [2.05, 4.69) is 9.97 Å². The number of rotatable bonds is 4. The van der Waals surface area contributed by atoms with Gasteiger partial charge in [0.05, 0.1) is 11.3 Å². The zero-order valence-corrected chi connectivity index (χ0v) is 16.5. The van der Waals surface area contributed by atoms with Gasteiger partial charge in [-0.2, -0.15) is 0 Å². The Bertz CT molecular complexity index is 1220. The first kappa shape index (κ1) is 19.0. The number of carbonyl (C=O) groups is 1. The third kappa shape index (κ3) is 3.54. The standard InChI is InChI=1S/C22H19N5O4/c28-22(16-5-6-18(19(13-16)27(29)30)26-12-9-23-14-26)25-10-7-15(8-11-25)21-24-17-3-1-2-4-20(17)31-21/h1-6,9,12-15H,7-8,10-11H2. The van der Waals surface area contributed by atoms with Gasteiger partial charge in [-0.1, -0.05) is 12.1 Å². The minimum absolute atomic E-state index is 0.134. The highest BCUT2D eigenvalue weighted by Crippen LogP contribution is 2.31. The lowest BCUT2D eigenvalue weighted by Crippen LogP contribution is -2.38. The molecule has 0 aliphatic carbocycles. The predicted molar refractivity (Wildman–Crippen MR) is 112 cm³/mol. The van der Waals surface area contributed by atoms with Crippen LogP contribution in [0.5, 0.6) is 0 Å². The van der Waals surface area contributed by atoms with Crippen molar-refractivity contribution >= 4 is 22.7 Å². The molecule has 9 heteroatoms. The minimum Gasteiger partial charge on any atom is -0.440 e. The Labute approximate surface area is 177 Å². The number of likely N-dealkylation sites (tertiary alicyclic amines) is 1. The summed E-state index contributed by atoms with van der Waals surface area (Å²) < 4.78 is 7.44. The van der Waals surface area contributed by atoms with Gasteiger partial charge in [0.15, 0.2) is 11.5 Å². The van der Waals surface area contributed by atoms with E-state index < -0.39 is 4.92 Å². The molecule has 1 amide bonds. The van der Waals surface area contributed by atoms with E-state index in [0.717, 1.165) is 23.9 Å². The van der Waals surface area contributed by atoms with Crippen LogP contribution < -0.4 is 0 Å². The smallest absolute Gasteiger partial charge is 0.294 e. The van der Waals surface area contributed by atoms with Crippen LogP contribution in [0.3, 0.4) is 0 Å². The van der Waals surface area contributed by atoms with Gasteiger partial charge in [0.25, 0.3) is 11.6 Å². The average Bonchev–Trinajstić information content (AvgIpc) is 3.48. The number of imidazole rings is 1. The Hall–Kier alpha value is -4.01. The molecule has 0 atom stereocenters. The summed E-state index contributed by atoms with van der Waals surface area (Å²) in [6, 6.07) is 12.2. The number of piperidine rings is 1. The fourth-order valence-electron chi connectivity index (χ4n) is 4.00. The van der Waals surface area contributed by atoms with Gasteiger partial charge in [-0.3, -0.25) is 14.9 Å². The summed E-state index contributed by atoms with van der Waals surface area (Å²) >= 11 is 0. The molecule has 9 nitrogen and oxygen atoms in total. The summed E-state index contributed by atoms with van der Waals surface area (Å²) in [5.41, 5.74) is 2.14. The van der Waals surface area contributed by atoms with Crippen LogP contribution in [0.4, 0.5) is 5.69 Å². The molecular weight excluding hydrogens is 398 g/mol. The first-order chi connectivity index (χ1) is 15.1. The maximum absolute atomic E-state index is 13.0. The van der Waals surface area contributed by atoms with Crippen LogP contribution >= 0.6 is 0 Å². The van der Waals surface area contributed by atoms with Gasteiger partial charge in [-0.25, -0.2) is 9.97 Å². The van der Waals surface area contributed by atoms with E-state index in [-0.39, 0.29) is 17.5 Å². The number of oxazole rings is 1. The van der Waals surface area contributed by atoms with Crippen molar-refractivity contribution in [3.63, 3.8) is 0 Å². The van der Waals surface area contributed by atoms with Gasteiger partial charge in [-0.05, 0) is 37.1 Å². The molecule has 0 saturated carbocycles. The third-order valence-corrected chi connectivity index (χ3v) is 5.64. The van der Waals surface area contributed by atoms with Crippen molar-refractivity contribution in [3.05, 3.63) is 82.8 Å². The van der Waals surface area contributed by atoms with Crippen LogP contribution in [0, 0.1) is 10.1 Å². The highest BCUT2D eigenvalue weighted by molar-refractivity contribution is 5.95. The average molecular weight is 417 g/mol. The van der Waals surface area contributed by atoms with Crippen molar-refractivity contribution < 1.29 is 14.1 Å². The SMILES string of the molecule is O=C(c1ccc(-n2ccnc2)c([N+](=O)[O-])c1)N1CCC(c2nc3ccccc3o2)CC1. The number of nitro groups is 1. The number of hydrogen-bond donors (Lipinski definition) is 0. The number of para-hydroxylation sites is 2. The second kappa shape index (κ2) is 7.67. The number of nitro benzene ring substituents is 1. The number of fused-ring (bicyclic) bond motifs is 1. The van der Waals surface area contributed by atoms with Crippen molar-refractivity contribution in [2.24, 2.45) is 0 Å². The van der Waals surface area contributed by atoms with Gasteiger partial charge in [-0.15, -0.1) is 0 Å². The Balaban J connectivity index is 1.32. The van der Waals surface area contributed by atoms with E-state index in [0.29, 0.717) is 30.2 Å². The predicted octanol–water partition coefficient (Wildman–Crippen LogP) is 3.94. The van der Waals surface area contributed by atoms with E-state index in [9.17, 15) is 14.9 Å². The Morgan fingerprint density at radius 2 is 1.97 bits per heavy atom. The summed E-state index contributed by atoms with van der Waals surface area (Å²) in [4.78, 5) is 34.3. The lowest BCUT2D eigenvalue weighted by molar-refractivity contribution is -0.384. The lowest BCUT2D eigenvalue weighted by atomic mass is 9.96. The fourth-order valence-corrected chi connectivity index (χ4v) is 4.00. The summed E-state index contributed by atoms with van der Waals surface area (Å²) in [6.45, 7) is 1.08. The highest BCUT2D eigenvalue weighted by atomic mass is 16.6. The summed E-state index contributed by atoms with van der Waals surface area (Å²) in [5, 5.41) is 11.6. The topological polar surface area (TPSA) is 107 Å². The van der Waals surface area contributed by atoms with Gasteiger partial charge in [0, 0.05) is 43.0 Å². The molecule has 0 spiro atoms. The molecule has 156 valence electrons. The van der Waals surface area contributed by atoms with Gasteiger partial charge >= 0.3 is 0 Å². The van der Waals surface area contributed by atoms with Crippen molar-refractivity contribution in [2.45, 2.75) is 18.8 Å². The number of nitrogens with zero attached hydrogens (tertiary/aromatic N) is 5. The maximum atomic E-state index is 13.0. The van der Waals surface area contributed by atoms with E-state index in [4.69, 9.17) is 4.42 Å². The third-order valence-electron chi connectivity index (χ3n) is 5.64. The quantitative estimate of drug-likeness (QED) is 0.368. The Morgan fingerprint density at radius 3 is 2.68 bits per heavy atom. The fraction of sp³-hybridized carbons (Fsp3) is 0.227. The minimum atomic E-state index is -0.481. The molecule has 0 N–H and O–H groups in total. The van der Waals surface area contributed by atoms with Gasteiger partial charge in [0.2, 0.25) is 0 Å². The van der Waals surface area contributed by atoms with Crippen molar-refractivity contribution in [3.8, 4) is 5.69 Å². The van der Waals surface area contributed by atoms with E-state index in [1.54, 1.807) is 34.0 Å². The molecule has 0 bridgehead atoms. The second-order valence-corrected chi connectivity index (χ2v) is 7.52. The molecule has 2 aromatic carbocycles. The normalized spacial score (nSPS) is 14.8. The Kier molecular flexibility index (Phi) is 4.70. The largest absolute Gasteiger partial charge is 0.440 e. The van der Waals surface area contributed by atoms with Crippen LogP contribution in [-0.2, 0) is 0 Å². The zero-order valence-electron chi connectivity index (χ0n) is 16.5. The zero-order chi connectivity index (χ0) is 21.4. The van der Waals surface area contributed by atoms with Crippen LogP contribution in [0.2, 0.25) is 0 Å². The summed E-state index contributed by atoms with van der Waals surface area (Å²) in [7, 11) is 0. The van der Waals surface area contributed by atoms with E-state index in [1.165, 1.54) is 12.4 Å². The molecule has 5 rings (SSSR count). The van der Waals surface area contributed by atoms with Crippen molar-refractivity contribution in [1.82, 2.24) is 19.4 Å². The van der Waals surface area contributed by atoms with Crippen LogP contribution in [-0.4, -0.2) is 43.4 Å². The first-order valence-corrected chi connectivity index (χ1v) is 10.0. The van der Waals surface area contributed by atoms with Crippen LogP contribution in [0.15, 0.2) is 65.6 Å². The first-order valence-electron chi connectivity index (χ1n) is 10.0. The molecule has 3 heterocycles. The monoisotopic (exact) mass is 417 g/mol. The number of aromatic nitrogens is 3. The molecule has 4 aromatic rings.